The smallest absolute Gasteiger partial charge is 0.245 e. The van der Waals surface area contributed by atoms with Crippen LogP contribution in [0.4, 0.5) is 0 Å². The fraction of sp³-hybridized carbons (Fsp3) is 0.273. The lowest BCUT2D eigenvalue weighted by Crippen LogP contribution is -2.62. The monoisotopic (exact) mass is 400 g/mol. The van der Waals surface area contributed by atoms with Crippen LogP contribution in [-0.2, 0) is 16.0 Å². The lowest BCUT2D eigenvalue weighted by molar-refractivity contribution is -0.157. The van der Waals surface area contributed by atoms with Crippen molar-refractivity contribution >= 4 is 22.7 Å². The van der Waals surface area contributed by atoms with E-state index in [-0.39, 0.29) is 34.9 Å². The molecule has 0 radical (unpaired) electrons. The number of H-pyrrole nitrogens is 1. The third-order valence-electron chi connectivity index (χ3n) is 5.08. The Hall–Kier alpha value is -3.48. The van der Waals surface area contributed by atoms with Crippen LogP contribution in [0.2, 0.25) is 0 Å². The summed E-state index contributed by atoms with van der Waals surface area (Å²) in [7, 11) is 0.994. The Morgan fingerprint density at radius 2 is 2.00 bits per heavy atom. The van der Waals surface area contributed by atoms with E-state index in [9.17, 15) is 9.59 Å². The molecule has 1 unspecified atom stereocenters. The topological polar surface area (TPSA) is 74.9 Å². The van der Waals surface area contributed by atoms with Crippen molar-refractivity contribution in [1.82, 2.24) is 14.8 Å². The normalized spacial score (nSPS) is 31.7. The molecule has 1 aromatic heterocycles. The van der Waals surface area contributed by atoms with Crippen molar-refractivity contribution in [3.05, 3.63) is 59.1 Å². The number of rotatable bonds is 1. The Morgan fingerprint density at radius 3 is 2.90 bits per heavy atom. The number of ether oxygens (including phenoxy) is 2. The van der Waals surface area contributed by atoms with E-state index in [1.54, 1.807) is 0 Å². The van der Waals surface area contributed by atoms with Gasteiger partial charge in [0.05, 0.1) is 24.9 Å². The number of hydrogen-bond acceptors (Lipinski definition) is 4. The molecule has 1 saturated heterocycles. The van der Waals surface area contributed by atoms with Crippen molar-refractivity contribution < 1.29 is 34.1 Å². The van der Waals surface area contributed by atoms with Gasteiger partial charge in [-0.2, -0.15) is 0 Å². The second-order valence-corrected chi connectivity index (χ2v) is 6.69. The number of hydrogen-bond donors (Lipinski definition) is 1. The van der Waals surface area contributed by atoms with E-state index in [0.717, 1.165) is 7.05 Å². The van der Waals surface area contributed by atoms with E-state index in [4.69, 9.17) is 24.6 Å². The summed E-state index contributed by atoms with van der Waals surface area (Å²) < 4.78 is 104. The number of aromatic amines is 1. The number of carbonyl (C=O) groups excluding carboxylic acids is 2. The fourth-order valence-corrected chi connectivity index (χ4v) is 3.79. The lowest BCUT2D eigenvalue weighted by atomic mass is 9.86. The van der Waals surface area contributed by atoms with E-state index in [2.05, 4.69) is 4.98 Å². The molecule has 2 atom stereocenters. The molecule has 2 amide bonds. The summed E-state index contributed by atoms with van der Waals surface area (Å²) in [4.78, 5) is 31.1. The van der Waals surface area contributed by atoms with Crippen LogP contribution < -0.4 is 9.47 Å². The number of piperazine rings is 1. The molecule has 3 aromatic rings. The van der Waals surface area contributed by atoms with E-state index in [0.29, 0.717) is 9.80 Å². The van der Waals surface area contributed by atoms with Gasteiger partial charge in [0.25, 0.3) is 0 Å². The van der Waals surface area contributed by atoms with Crippen molar-refractivity contribution in [2.24, 2.45) is 0 Å². The van der Waals surface area contributed by atoms with Crippen molar-refractivity contribution in [3.63, 3.8) is 0 Å². The Kier molecular flexibility index (Phi) is 1.77. The molecular weight excluding hydrogens is 370 g/mol. The van der Waals surface area contributed by atoms with Crippen LogP contribution in [0.1, 0.15) is 37.9 Å². The largest absolute Gasteiger partial charge is 0.454 e. The number of nitrogens with one attached hydrogen (secondary N) is 1. The lowest BCUT2D eigenvalue weighted by Gasteiger charge is -2.46. The molecule has 146 valence electrons. The first-order valence-corrected chi connectivity index (χ1v) is 8.68. The predicted molar refractivity (Wildman–Crippen MR) is 105 cm³/mol. The molecule has 1 fully saturated rings. The summed E-state index contributed by atoms with van der Waals surface area (Å²) in [5.41, 5.74) is -1.34. The molecule has 0 aliphatic carbocycles. The van der Waals surface area contributed by atoms with Gasteiger partial charge in [0.2, 0.25) is 18.6 Å². The average molecular weight is 400 g/mol. The highest BCUT2D eigenvalue weighted by atomic mass is 16.7. The molecule has 0 bridgehead atoms. The number of para-hydroxylation sites is 1. The molecule has 0 spiro atoms. The minimum atomic E-state index is -2.96. The van der Waals surface area contributed by atoms with Crippen molar-refractivity contribution in [1.29, 1.82) is 0 Å². The third-order valence-corrected chi connectivity index (χ3v) is 5.08. The van der Waals surface area contributed by atoms with Gasteiger partial charge in [0.1, 0.15) is 6.04 Å². The van der Waals surface area contributed by atoms with Gasteiger partial charge in [-0.25, -0.2) is 0 Å². The summed E-state index contributed by atoms with van der Waals surface area (Å²) in [6.45, 7) is -3.32. The molecular formula is C22H19N3O4. The zero-order valence-electron chi connectivity index (χ0n) is 25.9. The van der Waals surface area contributed by atoms with Crippen LogP contribution in [0.15, 0.2) is 42.3 Å². The second kappa shape index (κ2) is 5.76. The van der Waals surface area contributed by atoms with E-state index >= 15 is 0 Å². The summed E-state index contributed by atoms with van der Waals surface area (Å²) in [6.07, 6.45) is -2.83. The van der Waals surface area contributed by atoms with Crippen LogP contribution in [0.3, 0.4) is 0 Å². The zero-order chi connectivity index (χ0) is 29.4. The summed E-state index contributed by atoms with van der Waals surface area (Å²) >= 11 is 0. The standard InChI is InChI=1S/C22H19N3O4/c1-24-10-19(26)25-16(22(24)27)9-14-13-4-2-3-5-15(13)23-20(14)21(25)12-6-7-17-18(8-12)29-11-28-17/h2-8,16,21,23H,9-11H2,1H3/t16-,21?/m1/s1/i2D,3D,4D,5D,6D,7D,8D,9D2,10D2. The number of carbonyl (C=O) groups is 2. The molecule has 3 aliphatic heterocycles. The van der Waals surface area contributed by atoms with E-state index < -0.39 is 90.2 Å². The maximum atomic E-state index is 13.7. The Bertz CT molecular complexity index is 1710. The minimum Gasteiger partial charge on any atom is -0.454 e. The summed E-state index contributed by atoms with van der Waals surface area (Å²) in [6, 6.07) is -7.98. The summed E-state index contributed by atoms with van der Waals surface area (Å²) in [5, 5.41) is -0.294. The van der Waals surface area contributed by atoms with Crippen LogP contribution in [0, 0.1) is 0 Å². The van der Waals surface area contributed by atoms with Gasteiger partial charge >= 0.3 is 0 Å². The maximum absolute atomic E-state index is 13.7. The number of amides is 2. The van der Waals surface area contributed by atoms with Gasteiger partial charge in [-0.1, -0.05) is 24.2 Å². The van der Waals surface area contributed by atoms with Gasteiger partial charge < -0.3 is 24.3 Å². The van der Waals surface area contributed by atoms with Gasteiger partial charge in [0, 0.05) is 32.8 Å². The average Bonchev–Trinajstić information content (AvgIpc) is 3.55. The van der Waals surface area contributed by atoms with Gasteiger partial charge in [0.15, 0.2) is 11.5 Å². The number of fused-ring (bicyclic) bond motifs is 5. The Labute approximate surface area is 182 Å². The van der Waals surface area contributed by atoms with Crippen molar-refractivity contribution in [2.45, 2.75) is 18.5 Å². The Morgan fingerprint density at radius 1 is 1.17 bits per heavy atom. The predicted octanol–water partition coefficient (Wildman–Crippen LogP) is 2.21. The molecule has 7 heteroatoms. The highest BCUT2D eigenvalue weighted by Gasteiger charge is 2.47. The molecule has 29 heavy (non-hydrogen) atoms. The quantitative estimate of drug-likeness (QED) is 0.680. The molecule has 1 N–H and O–H groups in total. The van der Waals surface area contributed by atoms with Crippen LogP contribution in [0.5, 0.6) is 11.5 Å². The molecule has 0 saturated carbocycles. The van der Waals surface area contributed by atoms with E-state index in [1.807, 2.05) is 0 Å². The molecule has 3 aliphatic rings. The first-order chi connectivity index (χ1) is 18.6. The molecule has 4 heterocycles. The molecule has 6 rings (SSSR count). The summed E-state index contributed by atoms with van der Waals surface area (Å²) in [5.74, 6) is -2.95. The second-order valence-electron chi connectivity index (χ2n) is 6.69. The molecule has 2 aromatic carbocycles. The zero-order valence-corrected chi connectivity index (χ0v) is 14.9. The van der Waals surface area contributed by atoms with Gasteiger partial charge in [-0.15, -0.1) is 0 Å². The van der Waals surface area contributed by atoms with Gasteiger partial charge in [-0.05, 0) is 29.3 Å². The highest BCUT2D eigenvalue weighted by molar-refractivity contribution is 5.97. The first-order valence-electron chi connectivity index (χ1n) is 14.2. The number of likely N-dealkylation sites (N-methyl/N-ethyl adjacent to an activating group) is 1. The number of aromatic nitrogens is 1. The number of nitrogens with zero attached hydrogens (tertiary/aromatic N) is 2. The van der Waals surface area contributed by atoms with Crippen LogP contribution >= 0.6 is 0 Å². The molecule has 7 nitrogen and oxygen atoms in total. The third kappa shape index (κ3) is 2.24. The van der Waals surface area contributed by atoms with Crippen molar-refractivity contribution in [3.8, 4) is 11.5 Å². The highest BCUT2D eigenvalue weighted by Crippen LogP contribution is 2.44. The minimum absolute atomic E-state index is 0.200. The van der Waals surface area contributed by atoms with Crippen molar-refractivity contribution in [2.75, 3.05) is 20.3 Å². The van der Waals surface area contributed by atoms with E-state index in [1.165, 1.54) is 0 Å². The maximum Gasteiger partial charge on any atom is 0.245 e. The Balaban J connectivity index is 1.81. The van der Waals surface area contributed by atoms with Gasteiger partial charge in [-0.3, -0.25) is 9.59 Å². The SMILES string of the molecule is [2H]c1c([2H])c(C2c3[nH]c4c([2H])c([2H])c([2H])c([2H])c4c3C([2H])([2H])[C@@H]3C(=O)N(C)C([2H])([2H])C(=O)N23)c([2H])c2c1OCO2. The fourth-order valence-electron chi connectivity index (χ4n) is 3.79. The number of benzene rings is 2. The van der Waals surface area contributed by atoms with Crippen LogP contribution in [0.25, 0.3) is 10.9 Å². The van der Waals surface area contributed by atoms with Crippen LogP contribution in [-0.4, -0.2) is 53.0 Å². The first kappa shape index (κ1) is 8.90.